The van der Waals surface area contributed by atoms with Crippen LogP contribution in [0, 0.1) is 5.82 Å². The molecule has 0 saturated carbocycles. The fourth-order valence-electron chi connectivity index (χ4n) is 1.68. The molecule has 1 aromatic heterocycles. The molecule has 0 saturated heterocycles. The summed E-state index contributed by atoms with van der Waals surface area (Å²) in [6.45, 7) is 0. The van der Waals surface area contributed by atoms with Crippen LogP contribution in [0.2, 0.25) is 0 Å². The second kappa shape index (κ2) is 5.37. The van der Waals surface area contributed by atoms with Crippen LogP contribution < -0.4 is 9.47 Å². The van der Waals surface area contributed by atoms with Gasteiger partial charge in [0.15, 0.2) is 11.5 Å². The fraction of sp³-hybridized carbons (Fsp3) is 0.231. The molecule has 3 nitrogen and oxygen atoms in total. The molecule has 0 amide bonds. The molecule has 5 heteroatoms. The number of benzene rings is 1. The lowest BCUT2D eigenvalue weighted by molar-refractivity contribution is 0.217. The van der Waals surface area contributed by atoms with Crippen molar-refractivity contribution in [1.29, 1.82) is 0 Å². The zero-order valence-corrected chi connectivity index (χ0v) is 10.8. The van der Waals surface area contributed by atoms with Crippen LogP contribution in [0.25, 0.3) is 0 Å². The van der Waals surface area contributed by atoms with Crippen molar-refractivity contribution in [3.05, 3.63) is 45.9 Å². The number of hydrogen-bond donors (Lipinski definition) is 1. The molecule has 1 heterocycles. The summed E-state index contributed by atoms with van der Waals surface area (Å²) in [6, 6.07) is 6.23. The molecule has 1 N–H and O–H groups in total. The van der Waals surface area contributed by atoms with Gasteiger partial charge in [-0.2, -0.15) is 0 Å². The maximum atomic E-state index is 13.9. The minimum atomic E-state index is -0.996. The van der Waals surface area contributed by atoms with Gasteiger partial charge in [0.2, 0.25) is 0 Å². The number of rotatable bonds is 4. The normalized spacial score (nSPS) is 12.2. The van der Waals surface area contributed by atoms with Crippen LogP contribution in [0.5, 0.6) is 11.5 Å². The van der Waals surface area contributed by atoms with Gasteiger partial charge in [0, 0.05) is 16.5 Å². The number of methoxy groups -OCH3 is 2. The highest BCUT2D eigenvalue weighted by molar-refractivity contribution is 7.10. The Balaban J connectivity index is 2.45. The maximum absolute atomic E-state index is 13.9. The van der Waals surface area contributed by atoms with Gasteiger partial charge in [-0.3, -0.25) is 0 Å². The van der Waals surface area contributed by atoms with Gasteiger partial charge in [-0.15, -0.1) is 11.3 Å². The predicted molar refractivity (Wildman–Crippen MR) is 67.9 cm³/mol. The Bertz CT molecular complexity index is 525. The summed E-state index contributed by atoms with van der Waals surface area (Å²) in [5.74, 6) is 0.176. The lowest BCUT2D eigenvalue weighted by Gasteiger charge is -2.14. The molecule has 0 radical (unpaired) electrons. The van der Waals surface area contributed by atoms with Crippen LogP contribution in [-0.2, 0) is 0 Å². The molecule has 1 unspecified atom stereocenters. The Hall–Kier alpha value is -1.59. The van der Waals surface area contributed by atoms with Crippen LogP contribution in [0.1, 0.15) is 16.5 Å². The number of aliphatic hydroxyl groups excluding tert-OH is 1. The number of ether oxygens (including phenoxy) is 2. The van der Waals surface area contributed by atoms with Crippen molar-refractivity contribution in [1.82, 2.24) is 0 Å². The van der Waals surface area contributed by atoms with E-state index in [4.69, 9.17) is 9.47 Å². The summed E-state index contributed by atoms with van der Waals surface area (Å²) in [5.41, 5.74) is 0.176. The molecule has 0 fully saturated rings. The van der Waals surface area contributed by atoms with E-state index < -0.39 is 11.9 Å². The van der Waals surface area contributed by atoms with E-state index in [1.54, 1.807) is 6.07 Å². The first kappa shape index (κ1) is 12.9. The average Bonchev–Trinajstić information content (AvgIpc) is 2.91. The first-order valence-corrected chi connectivity index (χ1v) is 6.18. The van der Waals surface area contributed by atoms with Gasteiger partial charge in [-0.05, 0) is 17.5 Å². The van der Waals surface area contributed by atoms with E-state index in [9.17, 15) is 9.50 Å². The van der Waals surface area contributed by atoms with Crippen molar-refractivity contribution in [2.45, 2.75) is 6.10 Å². The van der Waals surface area contributed by atoms with Gasteiger partial charge >= 0.3 is 0 Å². The lowest BCUT2D eigenvalue weighted by atomic mass is 10.1. The number of aliphatic hydroxyl groups is 1. The highest BCUT2D eigenvalue weighted by Crippen LogP contribution is 2.35. The molecule has 2 aromatic rings. The van der Waals surface area contributed by atoms with Crippen LogP contribution in [0.15, 0.2) is 29.6 Å². The number of thiophene rings is 1. The van der Waals surface area contributed by atoms with Crippen LogP contribution >= 0.6 is 11.3 Å². The molecular formula is C13H13FO3S. The molecule has 0 bridgehead atoms. The second-order valence-electron chi connectivity index (χ2n) is 3.65. The largest absolute Gasteiger partial charge is 0.493 e. The molecule has 0 aliphatic heterocycles. The summed E-state index contributed by atoms with van der Waals surface area (Å²) in [7, 11) is 2.91. The molecule has 0 spiro atoms. The Kier molecular flexibility index (Phi) is 3.84. The SMILES string of the molecule is COc1cc(F)c(C(O)c2cccs2)cc1OC. The quantitative estimate of drug-likeness (QED) is 0.926. The average molecular weight is 268 g/mol. The topological polar surface area (TPSA) is 38.7 Å². The Morgan fingerprint density at radius 2 is 1.89 bits per heavy atom. The smallest absolute Gasteiger partial charge is 0.163 e. The summed E-state index contributed by atoms with van der Waals surface area (Å²) in [6.07, 6.45) is -0.996. The van der Waals surface area contributed by atoms with Crippen LogP contribution in [-0.4, -0.2) is 19.3 Å². The first-order valence-electron chi connectivity index (χ1n) is 5.30. The third-order valence-electron chi connectivity index (χ3n) is 2.61. The Morgan fingerprint density at radius 3 is 2.44 bits per heavy atom. The summed E-state index contributed by atoms with van der Waals surface area (Å²) >= 11 is 1.37. The van der Waals surface area contributed by atoms with Crippen LogP contribution in [0.4, 0.5) is 4.39 Å². The molecular weight excluding hydrogens is 255 g/mol. The minimum Gasteiger partial charge on any atom is -0.493 e. The standard InChI is InChI=1S/C13H13FO3S/c1-16-10-6-8(9(14)7-11(10)17-2)13(15)12-4-3-5-18-12/h3-7,13,15H,1-2H3. The van der Waals surface area contributed by atoms with Gasteiger partial charge in [0.25, 0.3) is 0 Å². The van der Waals surface area contributed by atoms with Gasteiger partial charge in [0.1, 0.15) is 11.9 Å². The summed E-state index contributed by atoms with van der Waals surface area (Å²) < 4.78 is 24.0. The van der Waals surface area contributed by atoms with E-state index >= 15 is 0 Å². The van der Waals surface area contributed by atoms with E-state index in [0.29, 0.717) is 16.4 Å². The first-order chi connectivity index (χ1) is 8.67. The van der Waals surface area contributed by atoms with Crippen molar-refractivity contribution >= 4 is 11.3 Å². The summed E-state index contributed by atoms with van der Waals surface area (Å²) in [5, 5.41) is 11.9. The van der Waals surface area contributed by atoms with Gasteiger partial charge < -0.3 is 14.6 Å². The van der Waals surface area contributed by atoms with E-state index in [-0.39, 0.29) is 5.56 Å². The van der Waals surface area contributed by atoms with Gasteiger partial charge in [-0.1, -0.05) is 6.07 Å². The van der Waals surface area contributed by atoms with Crippen molar-refractivity contribution in [3.8, 4) is 11.5 Å². The third-order valence-corrected chi connectivity index (χ3v) is 3.53. The van der Waals surface area contributed by atoms with Crippen molar-refractivity contribution in [2.75, 3.05) is 14.2 Å². The van der Waals surface area contributed by atoms with E-state index in [2.05, 4.69) is 0 Å². The molecule has 18 heavy (non-hydrogen) atoms. The molecule has 0 aliphatic carbocycles. The van der Waals surface area contributed by atoms with E-state index in [0.717, 1.165) is 0 Å². The molecule has 0 aliphatic rings. The lowest BCUT2D eigenvalue weighted by Crippen LogP contribution is -2.02. The summed E-state index contributed by atoms with van der Waals surface area (Å²) in [4.78, 5) is 0.682. The third kappa shape index (κ3) is 2.32. The van der Waals surface area contributed by atoms with Gasteiger partial charge in [0.05, 0.1) is 14.2 Å². The zero-order chi connectivity index (χ0) is 13.1. The van der Waals surface area contributed by atoms with Crippen molar-refractivity contribution in [3.63, 3.8) is 0 Å². The number of halogens is 1. The molecule has 2 rings (SSSR count). The fourth-order valence-corrected chi connectivity index (χ4v) is 2.41. The van der Waals surface area contributed by atoms with E-state index in [1.165, 1.54) is 37.7 Å². The van der Waals surface area contributed by atoms with Crippen LogP contribution in [0.3, 0.4) is 0 Å². The minimum absolute atomic E-state index is 0.176. The highest BCUT2D eigenvalue weighted by Gasteiger charge is 2.19. The molecule has 96 valence electrons. The predicted octanol–water partition coefficient (Wildman–Crippen LogP) is 2.99. The zero-order valence-electron chi connectivity index (χ0n) is 10.0. The van der Waals surface area contributed by atoms with Crippen molar-refractivity contribution in [2.24, 2.45) is 0 Å². The van der Waals surface area contributed by atoms with Gasteiger partial charge in [-0.25, -0.2) is 4.39 Å². The maximum Gasteiger partial charge on any atom is 0.163 e. The Labute approximate surface area is 108 Å². The second-order valence-corrected chi connectivity index (χ2v) is 4.63. The number of hydrogen-bond acceptors (Lipinski definition) is 4. The van der Waals surface area contributed by atoms with E-state index in [1.807, 2.05) is 11.4 Å². The van der Waals surface area contributed by atoms with Crippen molar-refractivity contribution < 1.29 is 19.0 Å². The molecule has 1 atom stereocenters. The molecule has 1 aromatic carbocycles. The highest BCUT2D eigenvalue weighted by atomic mass is 32.1. The Morgan fingerprint density at radius 1 is 1.22 bits per heavy atom. The monoisotopic (exact) mass is 268 g/mol.